The average molecular weight is 476 g/mol. The first-order valence-electron chi connectivity index (χ1n) is 12.9. The van der Waals surface area contributed by atoms with Gasteiger partial charge in [0.1, 0.15) is 0 Å². The van der Waals surface area contributed by atoms with Crippen LogP contribution in [0.1, 0.15) is 47.2 Å². The lowest BCUT2D eigenvalue weighted by Crippen LogP contribution is -2.45. The van der Waals surface area contributed by atoms with Crippen molar-refractivity contribution in [2.45, 2.75) is 24.7 Å². The first kappa shape index (κ1) is 20.7. The van der Waals surface area contributed by atoms with Gasteiger partial charge >= 0.3 is 0 Å². The maximum Gasteiger partial charge on any atom is 0.263 e. The summed E-state index contributed by atoms with van der Waals surface area (Å²) in [5, 5.41) is 2.87. The standard InChI is InChI=1S/C35H25NO/c1-34(2)25-15-5-7-17-27(25)35(28-18-8-6-16-26(28)34)29-19-9-10-21-31(29)36-32-23(14-11-20-30(32)35)22-12-3-4-13-24(22)33(36)37/h3-21H,1-2H3. The van der Waals surface area contributed by atoms with Crippen molar-refractivity contribution in [3.8, 4) is 5.69 Å². The minimum Gasteiger partial charge on any atom is -0.276 e. The second-order valence-corrected chi connectivity index (χ2v) is 10.9. The molecule has 0 fully saturated rings. The molecule has 6 aromatic rings. The molecule has 0 radical (unpaired) electrons. The Balaban J connectivity index is 1.71. The fraction of sp³-hybridized carbons (Fsp3) is 0.114. The normalized spacial score (nSPS) is 15.8. The summed E-state index contributed by atoms with van der Waals surface area (Å²) in [6, 6.07) is 40.9. The summed E-state index contributed by atoms with van der Waals surface area (Å²) < 4.78 is 1.97. The topological polar surface area (TPSA) is 22.0 Å². The van der Waals surface area contributed by atoms with Crippen LogP contribution >= 0.6 is 0 Å². The minimum atomic E-state index is -0.534. The predicted octanol–water partition coefficient (Wildman–Crippen LogP) is 7.48. The van der Waals surface area contributed by atoms with Crippen molar-refractivity contribution >= 4 is 21.7 Å². The Morgan fingerprint density at radius 3 is 1.65 bits per heavy atom. The van der Waals surface area contributed by atoms with Gasteiger partial charge < -0.3 is 0 Å². The molecule has 1 spiro atoms. The average Bonchev–Trinajstić information content (AvgIpc) is 2.95. The lowest BCUT2D eigenvalue weighted by Gasteiger charge is -2.50. The van der Waals surface area contributed by atoms with Crippen molar-refractivity contribution in [2.24, 2.45) is 0 Å². The van der Waals surface area contributed by atoms with E-state index in [-0.39, 0.29) is 11.0 Å². The zero-order chi connectivity index (χ0) is 24.9. The van der Waals surface area contributed by atoms with Gasteiger partial charge in [0.05, 0.1) is 16.6 Å². The van der Waals surface area contributed by atoms with Gasteiger partial charge in [0.2, 0.25) is 0 Å². The smallest absolute Gasteiger partial charge is 0.263 e. The zero-order valence-electron chi connectivity index (χ0n) is 20.8. The number of para-hydroxylation sites is 2. The van der Waals surface area contributed by atoms with Gasteiger partial charge in [0, 0.05) is 16.2 Å². The monoisotopic (exact) mass is 475 g/mol. The van der Waals surface area contributed by atoms with Gasteiger partial charge in [-0.15, -0.1) is 0 Å². The molecular weight excluding hydrogens is 450 g/mol. The van der Waals surface area contributed by atoms with Crippen LogP contribution in [-0.4, -0.2) is 4.57 Å². The third-order valence-electron chi connectivity index (χ3n) is 8.87. The molecule has 1 aliphatic heterocycles. The highest BCUT2D eigenvalue weighted by Gasteiger charge is 2.52. The third kappa shape index (κ3) is 2.30. The van der Waals surface area contributed by atoms with E-state index in [9.17, 15) is 4.79 Å². The molecule has 0 unspecified atom stereocenters. The quantitative estimate of drug-likeness (QED) is 0.208. The molecule has 1 aromatic heterocycles. The summed E-state index contributed by atoms with van der Waals surface area (Å²) in [6.07, 6.45) is 0. The highest BCUT2D eigenvalue weighted by atomic mass is 16.1. The van der Waals surface area contributed by atoms with Crippen LogP contribution in [0.3, 0.4) is 0 Å². The molecule has 2 heteroatoms. The van der Waals surface area contributed by atoms with E-state index in [1.165, 1.54) is 27.8 Å². The number of aromatic nitrogens is 1. The van der Waals surface area contributed by atoms with Gasteiger partial charge in [0.15, 0.2) is 0 Å². The van der Waals surface area contributed by atoms with E-state index in [0.717, 1.165) is 32.9 Å². The number of nitrogens with zero attached hydrogens (tertiary/aromatic N) is 1. The summed E-state index contributed by atoms with van der Waals surface area (Å²) in [5.41, 5.74) is 8.90. The first-order chi connectivity index (χ1) is 18.1. The first-order valence-corrected chi connectivity index (χ1v) is 12.9. The van der Waals surface area contributed by atoms with Crippen LogP contribution in [0.2, 0.25) is 0 Å². The zero-order valence-corrected chi connectivity index (χ0v) is 20.8. The van der Waals surface area contributed by atoms with Crippen LogP contribution in [0.25, 0.3) is 27.4 Å². The molecule has 8 rings (SSSR count). The number of rotatable bonds is 0. The Morgan fingerprint density at radius 2 is 0.973 bits per heavy atom. The van der Waals surface area contributed by atoms with Crippen molar-refractivity contribution in [3.05, 3.63) is 159 Å². The highest BCUT2D eigenvalue weighted by molar-refractivity contribution is 6.08. The maximum absolute atomic E-state index is 14.2. The summed E-state index contributed by atoms with van der Waals surface area (Å²) in [7, 11) is 0. The molecule has 2 heterocycles. The van der Waals surface area contributed by atoms with Crippen molar-refractivity contribution in [3.63, 3.8) is 0 Å². The van der Waals surface area contributed by atoms with Crippen LogP contribution in [0.4, 0.5) is 0 Å². The molecule has 2 aliphatic rings. The molecule has 0 amide bonds. The molecule has 37 heavy (non-hydrogen) atoms. The van der Waals surface area contributed by atoms with Crippen LogP contribution in [-0.2, 0) is 10.8 Å². The van der Waals surface area contributed by atoms with Crippen LogP contribution < -0.4 is 5.56 Å². The molecule has 0 atom stereocenters. The third-order valence-corrected chi connectivity index (χ3v) is 8.87. The highest BCUT2D eigenvalue weighted by Crippen LogP contribution is 2.59. The van der Waals surface area contributed by atoms with E-state index >= 15 is 0 Å². The molecule has 0 bridgehead atoms. The van der Waals surface area contributed by atoms with Crippen molar-refractivity contribution < 1.29 is 0 Å². The molecule has 0 saturated heterocycles. The number of hydrogen-bond donors (Lipinski definition) is 0. The van der Waals surface area contributed by atoms with Crippen molar-refractivity contribution in [1.82, 2.24) is 4.57 Å². The second kappa shape index (κ2) is 6.86. The van der Waals surface area contributed by atoms with Crippen molar-refractivity contribution in [1.29, 1.82) is 0 Å². The lowest BCUT2D eigenvalue weighted by molar-refractivity contribution is 0.555. The van der Waals surface area contributed by atoms with E-state index in [2.05, 4.69) is 111 Å². The lowest BCUT2D eigenvalue weighted by atomic mass is 9.53. The molecule has 5 aromatic carbocycles. The summed E-state index contributed by atoms with van der Waals surface area (Å²) in [5.74, 6) is 0. The van der Waals surface area contributed by atoms with Gasteiger partial charge in [-0.05, 0) is 50.9 Å². The number of hydrogen-bond acceptors (Lipinski definition) is 1. The van der Waals surface area contributed by atoms with E-state index in [0.29, 0.717) is 0 Å². The Morgan fingerprint density at radius 1 is 0.486 bits per heavy atom. The molecule has 2 nitrogen and oxygen atoms in total. The number of fused-ring (bicyclic) bond motifs is 10. The largest absolute Gasteiger partial charge is 0.276 e. The Kier molecular flexibility index (Phi) is 3.84. The maximum atomic E-state index is 14.2. The van der Waals surface area contributed by atoms with Crippen LogP contribution in [0.5, 0.6) is 0 Å². The molecule has 176 valence electrons. The molecule has 0 N–H and O–H groups in total. The van der Waals surface area contributed by atoms with Gasteiger partial charge in [-0.25, -0.2) is 0 Å². The number of benzene rings is 5. The van der Waals surface area contributed by atoms with Crippen LogP contribution in [0.15, 0.2) is 120 Å². The van der Waals surface area contributed by atoms with E-state index in [1.807, 2.05) is 22.8 Å². The van der Waals surface area contributed by atoms with Crippen LogP contribution in [0, 0.1) is 0 Å². The SMILES string of the molecule is CC1(C)c2ccccc2C2(c3ccccc3-n3c(=O)c4ccccc4c4cccc2c43)c2ccccc21. The molecule has 0 saturated carbocycles. The Bertz CT molecular complexity index is 1940. The van der Waals surface area contributed by atoms with Gasteiger partial charge in [-0.2, -0.15) is 0 Å². The summed E-state index contributed by atoms with van der Waals surface area (Å²) in [6.45, 7) is 4.66. The fourth-order valence-corrected chi connectivity index (χ4v) is 7.37. The Hall–Kier alpha value is -4.43. The van der Waals surface area contributed by atoms with E-state index in [4.69, 9.17) is 0 Å². The Labute approximate surface area is 215 Å². The van der Waals surface area contributed by atoms with Gasteiger partial charge in [-0.1, -0.05) is 117 Å². The van der Waals surface area contributed by atoms with Gasteiger partial charge in [0.25, 0.3) is 5.56 Å². The van der Waals surface area contributed by atoms with E-state index < -0.39 is 5.41 Å². The summed E-state index contributed by atoms with van der Waals surface area (Å²) >= 11 is 0. The van der Waals surface area contributed by atoms with Gasteiger partial charge in [-0.3, -0.25) is 9.36 Å². The predicted molar refractivity (Wildman–Crippen MR) is 151 cm³/mol. The number of pyridine rings is 1. The fourth-order valence-electron chi connectivity index (χ4n) is 7.37. The molecule has 1 aliphatic carbocycles. The van der Waals surface area contributed by atoms with Crippen molar-refractivity contribution in [2.75, 3.05) is 0 Å². The molecular formula is C35H25NO. The minimum absolute atomic E-state index is 0.0376. The van der Waals surface area contributed by atoms with E-state index in [1.54, 1.807) is 0 Å². The summed E-state index contributed by atoms with van der Waals surface area (Å²) in [4.78, 5) is 14.2. The second-order valence-electron chi connectivity index (χ2n) is 10.9.